The summed E-state index contributed by atoms with van der Waals surface area (Å²) in [5, 5.41) is 85.3. The SMILES string of the molecule is CCCCCCCCC(O)C(COC1OC(CO)C(OC2OC(CO)C(O)C(O)C2O)C(O)C1O)NC(=O)CCCCCCC. The van der Waals surface area contributed by atoms with Crippen LogP contribution in [0.4, 0.5) is 0 Å². The van der Waals surface area contributed by atoms with Crippen molar-refractivity contribution in [2.75, 3.05) is 19.8 Å². The van der Waals surface area contributed by atoms with Gasteiger partial charge in [-0.05, 0) is 12.8 Å². The zero-order valence-corrected chi connectivity index (χ0v) is 26.9. The Hall–Kier alpha value is -1.01. The molecule has 12 unspecified atom stereocenters. The van der Waals surface area contributed by atoms with E-state index in [4.69, 9.17) is 18.9 Å². The lowest BCUT2D eigenvalue weighted by molar-refractivity contribution is -0.359. The summed E-state index contributed by atoms with van der Waals surface area (Å²) < 4.78 is 22.4. The van der Waals surface area contributed by atoms with Gasteiger partial charge in [0.05, 0.1) is 32.0 Å². The normalized spacial score (nSPS) is 33.6. The number of nitrogens with one attached hydrogen (secondary N) is 1. The first-order chi connectivity index (χ1) is 21.6. The molecule has 14 nitrogen and oxygen atoms in total. The fourth-order valence-electron chi connectivity index (χ4n) is 5.64. The Labute approximate surface area is 266 Å². The molecule has 45 heavy (non-hydrogen) atoms. The van der Waals surface area contributed by atoms with Gasteiger partial charge in [0.2, 0.25) is 5.91 Å². The van der Waals surface area contributed by atoms with Gasteiger partial charge in [-0.25, -0.2) is 0 Å². The van der Waals surface area contributed by atoms with Crippen LogP contribution in [-0.4, -0.2) is 140 Å². The van der Waals surface area contributed by atoms with Gasteiger partial charge < -0.3 is 65.1 Å². The van der Waals surface area contributed by atoms with Gasteiger partial charge in [0.25, 0.3) is 0 Å². The van der Waals surface area contributed by atoms with Crippen LogP contribution in [0.25, 0.3) is 0 Å². The number of amides is 1. The van der Waals surface area contributed by atoms with E-state index in [1.54, 1.807) is 0 Å². The highest BCUT2D eigenvalue weighted by atomic mass is 16.7. The summed E-state index contributed by atoms with van der Waals surface area (Å²) in [6.45, 7) is 2.61. The van der Waals surface area contributed by atoms with Gasteiger partial charge in [0.1, 0.15) is 48.8 Å². The topological polar surface area (TPSA) is 228 Å². The van der Waals surface area contributed by atoms with Crippen LogP contribution in [0, 0.1) is 0 Å². The zero-order valence-electron chi connectivity index (χ0n) is 26.9. The zero-order chi connectivity index (χ0) is 33.4. The van der Waals surface area contributed by atoms with Crippen molar-refractivity contribution in [3.05, 3.63) is 0 Å². The Balaban J connectivity index is 2.01. The fraction of sp³-hybridized carbons (Fsp3) is 0.968. The Morgan fingerprint density at radius 3 is 1.89 bits per heavy atom. The van der Waals surface area contributed by atoms with Crippen molar-refractivity contribution in [3.63, 3.8) is 0 Å². The van der Waals surface area contributed by atoms with Gasteiger partial charge in [-0.3, -0.25) is 4.79 Å². The molecular formula is C31H59NO13. The molecule has 14 heteroatoms. The molecule has 2 aliphatic heterocycles. The quantitative estimate of drug-likeness (QED) is 0.0678. The van der Waals surface area contributed by atoms with Crippen molar-refractivity contribution in [2.45, 2.75) is 171 Å². The molecular weight excluding hydrogens is 594 g/mol. The van der Waals surface area contributed by atoms with E-state index in [2.05, 4.69) is 19.2 Å². The third-order valence-electron chi connectivity index (χ3n) is 8.57. The van der Waals surface area contributed by atoms with Gasteiger partial charge in [0.15, 0.2) is 12.6 Å². The highest BCUT2D eigenvalue weighted by Crippen LogP contribution is 2.29. The smallest absolute Gasteiger partial charge is 0.220 e. The van der Waals surface area contributed by atoms with E-state index in [0.717, 1.165) is 70.6 Å². The van der Waals surface area contributed by atoms with Crippen LogP contribution in [0.15, 0.2) is 0 Å². The first kappa shape index (κ1) is 40.2. The third kappa shape index (κ3) is 12.8. The van der Waals surface area contributed by atoms with Crippen molar-refractivity contribution in [1.29, 1.82) is 0 Å². The Morgan fingerprint density at radius 1 is 0.711 bits per heavy atom. The molecule has 9 N–H and O–H groups in total. The van der Waals surface area contributed by atoms with Crippen LogP contribution in [0.1, 0.15) is 97.3 Å². The minimum atomic E-state index is -1.77. The number of hydrogen-bond donors (Lipinski definition) is 9. The second-order valence-electron chi connectivity index (χ2n) is 12.3. The highest BCUT2D eigenvalue weighted by Gasteiger charge is 2.50. The van der Waals surface area contributed by atoms with Crippen molar-refractivity contribution < 1.29 is 64.6 Å². The number of aliphatic hydroxyl groups is 8. The lowest BCUT2D eigenvalue weighted by Gasteiger charge is -2.46. The molecule has 1 amide bonds. The van der Waals surface area contributed by atoms with E-state index in [1.165, 1.54) is 0 Å². The Bertz CT molecular complexity index is 791. The van der Waals surface area contributed by atoms with Crippen LogP contribution < -0.4 is 5.32 Å². The Kier molecular flexibility index (Phi) is 19.4. The molecule has 0 saturated carbocycles. The van der Waals surface area contributed by atoms with Gasteiger partial charge in [0, 0.05) is 6.42 Å². The summed E-state index contributed by atoms with van der Waals surface area (Å²) in [5.74, 6) is -0.228. The second-order valence-corrected chi connectivity index (χ2v) is 12.3. The predicted octanol–water partition coefficient (Wildman–Crippen LogP) is -0.416. The maximum atomic E-state index is 12.7. The summed E-state index contributed by atoms with van der Waals surface area (Å²) >= 11 is 0. The van der Waals surface area contributed by atoms with E-state index in [9.17, 15) is 45.6 Å². The van der Waals surface area contributed by atoms with Crippen molar-refractivity contribution in [2.24, 2.45) is 0 Å². The molecule has 2 rings (SSSR count). The number of carbonyl (C=O) groups is 1. The highest BCUT2D eigenvalue weighted by molar-refractivity contribution is 5.76. The van der Waals surface area contributed by atoms with E-state index >= 15 is 0 Å². The van der Waals surface area contributed by atoms with E-state index in [-0.39, 0.29) is 12.5 Å². The molecule has 2 aliphatic rings. The van der Waals surface area contributed by atoms with Crippen LogP contribution in [-0.2, 0) is 23.7 Å². The minimum Gasteiger partial charge on any atom is -0.394 e. The summed E-state index contributed by atoms with van der Waals surface area (Å²) in [6.07, 6.45) is -4.82. The van der Waals surface area contributed by atoms with E-state index < -0.39 is 86.8 Å². The van der Waals surface area contributed by atoms with Crippen molar-refractivity contribution >= 4 is 5.91 Å². The molecule has 0 aliphatic carbocycles. The monoisotopic (exact) mass is 653 g/mol. The van der Waals surface area contributed by atoms with E-state index in [1.807, 2.05) is 0 Å². The summed E-state index contributed by atoms with van der Waals surface area (Å²) in [6, 6.07) is -0.813. The predicted molar refractivity (Wildman–Crippen MR) is 162 cm³/mol. The van der Waals surface area contributed by atoms with E-state index in [0.29, 0.717) is 12.8 Å². The molecule has 2 saturated heterocycles. The van der Waals surface area contributed by atoms with Crippen LogP contribution in [0.2, 0.25) is 0 Å². The van der Waals surface area contributed by atoms with Gasteiger partial charge in [-0.1, -0.05) is 78.1 Å². The lowest BCUT2D eigenvalue weighted by Crippen LogP contribution is -2.65. The fourth-order valence-corrected chi connectivity index (χ4v) is 5.64. The van der Waals surface area contributed by atoms with Gasteiger partial charge in [-0.15, -0.1) is 0 Å². The number of aliphatic hydroxyl groups excluding tert-OH is 8. The number of unbranched alkanes of at least 4 members (excludes halogenated alkanes) is 9. The summed E-state index contributed by atoms with van der Waals surface area (Å²) in [5.41, 5.74) is 0. The van der Waals surface area contributed by atoms with Gasteiger partial charge in [-0.2, -0.15) is 0 Å². The number of hydrogen-bond acceptors (Lipinski definition) is 13. The third-order valence-corrected chi connectivity index (χ3v) is 8.57. The van der Waals surface area contributed by atoms with Crippen molar-refractivity contribution in [1.82, 2.24) is 5.32 Å². The molecule has 0 aromatic heterocycles. The first-order valence-corrected chi connectivity index (χ1v) is 16.8. The molecule has 2 heterocycles. The standard InChI is InChI=1S/C31H59NO13/c1-3-5-7-9-11-12-14-20(35)19(32-23(36)15-13-10-8-6-4-2)18-42-30-28(41)26(39)29(22(17-34)44-30)45-31-27(40)25(38)24(37)21(16-33)43-31/h19-22,24-31,33-35,37-41H,3-18H2,1-2H3,(H,32,36). The second kappa shape index (κ2) is 21.8. The van der Waals surface area contributed by atoms with Crippen LogP contribution in [0.5, 0.6) is 0 Å². The Morgan fingerprint density at radius 2 is 1.27 bits per heavy atom. The molecule has 2 fully saturated rings. The van der Waals surface area contributed by atoms with Crippen LogP contribution in [0.3, 0.4) is 0 Å². The molecule has 12 atom stereocenters. The molecule has 266 valence electrons. The molecule has 0 spiro atoms. The molecule has 0 radical (unpaired) electrons. The average Bonchev–Trinajstić information content (AvgIpc) is 3.03. The number of ether oxygens (including phenoxy) is 4. The maximum absolute atomic E-state index is 12.7. The summed E-state index contributed by atoms with van der Waals surface area (Å²) in [4.78, 5) is 12.7. The molecule has 0 aromatic carbocycles. The summed E-state index contributed by atoms with van der Waals surface area (Å²) in [7, 11) is 0. The lowest BCUT2D eigenvalue weighted by atomic mass is 9.97. The first-order valence-electron chi connectivity index (χ1n) is 16.8. The number of carbonyl (C=O) groups excluding carboxylic acids is 1. The molecule has 0 bridgehead atoms. The maximum Gasteiger partial charge on any atom is 0.220 e. The number of rotatable bonds is 22. The average molecular weight is 654 g/mol. The molecule has 0 aromatic rings. The van der Waals surface area contributed by atoms with Gasteiger partial charge >= 0.3 is 0 Å². The van der Waals surface area contributed by atoms with Crippen LogP contribution >= 0.6 is 0 Å². The minimum absolute atomic E-state index is 0.228. The van der Waals surface area contributed by atoms with Crippen molar-refractivity contribution in [3.8, 4) is 0 Å². The largest absolute Gasteiger partial charge is 0.394 e.